The Morgan fingerprint density at radius 2 is 1.15 bits per heavy atom. The van der Waals surface area contributed by atoms with Crippen molar-refractivity contribution in [2.45, 2.75) is 29.5 Å². The summed E-state index contributed by atoms with van der Waals surface area (Å²) >= 11 is 0. The number of alkyl halides is 10. The van der Waals surface area contributed by atoms with Gasteiger partial charge in [0.25, 0.3) is 0 Å². The maximum Gasteiger partial charge on any atom is 0.471 e. The van der Waals surface area contributed by atoms with Crippen molar-refractivity contribution in [2.24, 2.45) is 0 Å². The summed E-state index contributed by atoms with van der Waals surface area (Å²) in [7, 11) is -7.55. The van der Waals surface area contributed by atoms with E-state index in [1.54, 1.807) is 0 Å². The van der Waals surface area contributed by atoms with E-state index in [-0.39, 0.29) is 0 Å². The van der Waals surface area contributed by atoms with Crippen LogP contribution in [0.2, 0.25) is 0 Å². The summed E-state index contributed by atoms with van der Waals surface area (Å²) in [5, 5.41) is -7.30. The first-order chi connectivity index (χ1) is 11.6. The minimum atomic E-state index is -7.58. The quantitative estimate of drug-likeness (QED) is 0.398. The molecule has 0 spiro atoms. The Balaban J connectivity index is 6.40. The molecule has 5 nitrogen and oxygen atoms in total. The zero-order valence-electron chi connectivity index (χ0n) is 11.2. The summed E-state index contributed by atoms with van der Waals surface area (Å²) < 4.78 is 200. The van der Waals surface area contributed by atoms with Crippen LogP contribution in [0.5, 0.6) is 0 Å². The van der Waals surface area contributed by atoms with Crippen LogP contribution in [0, 0.1) is 0 Å². The van der Waals surface area contributed by atoms with E-state index < -0.39 is 51.7 Å². The van der Waals surface area contributed by atoms with Gasteiger partial charge < -0.3 is 4.74 Å². The standard InChI is InChI=1S/C7F14O5S/c8-1(9)2(10)24-5(15,16)3(11,4(12,13)14)25-6(17,18)7(19,20)27(22,23)26-21. The van der Waals surface area contributed by atoms with E-state index in [1.807, 2.05) is 4.74 Å². The molecule has 27 heavy (non-hydrogen) atoms. The number of rotatable bonds is 8. The summed E-state index contributed by atoms with van der Waals surface area (Å²) in [6, 6.07) is -3.98. The highest BCUT2D eigenvalue weighted by molar-refractivity contribution is 7.87. The average Bonchev–Trinajstić information content (AvgIpc) is 2.44. The van der Waals surface area contributed by atoms with Gasteiger partial charge in [-0.1, -0.05) is 4.39 Å². The highest BCUT2D eigenvalue weighted by atomic mass is 32.2. The van der Waals surface area contributed by atoms with Gasteiger partial charge in [-0.2, -0.15) is 65.5 Å². The zero-order valence-corrected chi connectivity index (χ0v) is 12.1. The molecule has 20 heteroatoms. The third kappa shape index (κ3) is 4.47. The highest BCUT2D eigenvalue weighted by Gasteiger charge is 2.83. The summed E-state index contributed by atoms with van der Waals surface area (Å²) in [5.41, 5.74) is 0. The molecule has 162 valence electrons. The number of hydrogen-bond acceptors (Lipinski definition) is 5. The van der Waals surface area contributed by atoms with Gasteiger partial charge in [0.2, 0.25) is 0 Å². The fourth-order valence-electron chi connectivity index (χ4n) is 0.920. The lowest BCUT2D eigenvalue weighted by Gasteiger charge is -2.36. The molecule has 0 aromatic rings. The average molecular weight is 462 g/mol. The van der Waals surface area contributed by atoms with E-state index >= 15 is 0 Å². The molecular formula is C7F14O5S. The maximum atomic E-state index is 13.4. The lowest BCUT2D eigenvalue weighted by atomic mass is 10.2. The van der Waals surface area contributed by atoms with E-state index in [0.717, 1.165) is 0 Å². The van der Waals surface area contributed by atoms with Crippen molar-refractivity contribution >= 4 is 10.1 Å². The molecule has 0 aliphatic carbocycles. The molecule has 0 fully saturated rings. The molecule has 0 radical (unpaired) electrons. The molecule has 0 saturated heterocycles. The molecule has 0 aromatic carbocycles. The summed E-state index contributed by atoms with van der Waals surface area (Å²) in [5.74, 6) is -7.58. The Bertz CT molecular complexity index is 678. The molecule has 0 rings (SSSR count). The van der Waals surface area contributed by atoms with Crippen LogP contribution in [0.4, 0.5) is 61.6 Å². The molecule has 0 saturated carbocycles. The molecule has 0 aliphatic rings. The van der Waals surface area contributed by atoms with Crippen molar-refractivity contribution in [3.05, 3.63) is 12.1 Å². The normalized spacial score (nSPS) is 16.7. The van der Waals surface area contributed by atoms with Crippen LogP contribution in [0.3, 0.4) is 0 Å². The third-order valence-electron chi connectivity index (χ3n) is 2.11. The Hall–Kier alpha value is -1.57. The van der Waals surface area contributed by atoms with Gasteiger partial charge in [-0.3, -0.25) is 4.74 Å². The fraction of sp³-hybridized carbons (Fsp3) is 0.714. The van der Waals surface area contributed by atoms with Crippen LogP contribution in [0.25, 0.3) is 0 Å². The Labute approximate surface area is 137 Å². The Morgan fingerprint density at radius 1 is 0.741 bits per heavy atom. The van der Waals surface area contributed by atoms with Crippen LogP contribution in [0.1, 0.15) is 0 Å². The summed E-state index contributed by atoms with van der Waals surface area (Å²) in [4.78, 5) is 0. The number of hydrogen-bond donors (Lipinski definition) is 0. The molecule has 0 bridgehead atoms. The predicted octanol–water partition coefficient (Wildman–Crippen LogP) is 4.29. The first-order valence-corrected chi connectivity index (χ1v) is 6.54. The second-order valence-corrected chi connectivity index (χ2v) is 5.45. The van der Waals surface area contributed by atoms with Crippen molar-refractivity contribution in [1.82, 2.24) is 0 Å². The molecule has 1 atom stereocenters. The zero-order chi connectivity index (χ0) is 22.3. The van der Waals surface area contributed by atoms with Crippen LogP contribution in [-0.2, 0) is 24.0 Å². The van der Waals surface area contributed by atoms with Crippen molar-refractivity contribution in [1.29, 1.82) is 0 Å². The fourth-order valence-corrected chi connectivity index (χ4v) is 1.33. The van der Waals surface area contributed by atoms with Gasteiger partial charge in [0.05, 0.1) is 0 Å². The van der Waals surface area contributed by atoms with E-state index in [9.17, 15) is 70.0 Å². The van der Waals surface area contributed by atoms with Crippen LogP contribution < -0.4 is 0 Å². The smallest absolute Gasteiger partial charge is 0.398 e. The second kappa shape index (κ2) is 7.11. The van der Waals surface area contributed by atoms with Gasteiger partial charge in [0, 0.05) is 0 Å². The molecule has 0 aliphatic heterocycles. The molecule has 0 amide bonds. The van der Waals surface area contributed by atoms with Gasteiger partial charge in [0.15, 0.2) is 0 Å². The van der Waals surface area contributed by atoms with Crippen molar-refractivity contribution < 1.29 is 83.9 Å². The molecule has 0 aromatic heterocycles. The van der Waals surface area contributed by atoms with E-state index in [1.165, 1.54) is 9.12 Å². The SMILES string of the molecule is O=S(=O)(OF)C(F)(F)C(F)(F)OC(F)(C(F)(F)F)C(F)(F)OC(F)=C(F)F. The largest absolute Gasteiger partial charge is 0.471 e. The first kappa shape index (κ1) is 25.4. The minimum absolute atomic E-state index is 1.34. The van der Waals surface area contributed by atoms with Crippen LogP contribution in [-0.4, -0.2) is 37.9 Å². The van der Waals surface area contributed by atoms with Crippen molar-refractivity contribution in [3.63, 3.8) is 0 Å². The minimum Gasteiger partial charge on any atom is -0.398 e. The van der Waals surface area contributed by atoms with E-state index in [0.29, 0.717) is 0 Å². The predicted molar refractivity (Wildman–Crippen MR) is 48.4 cm³/mol. The summed E-state index contributed by atoms with van der Waals surface area (Å²) in [6.45, 7) is 0. The lowest BCUT2D eigenvalue weighted by molar-refractivity contribution is -0.510. The molecule has 0 N–H and O–H groups in total. The Morgan fingerprint density at radius 3 is 1.44 bits per heavy atom. The molecular weight excluding hydrogens is 462 g/mol. The maximum absolute atomic E-state index is 13.4. The third-order valence-corrected chi connectivity index (χ3v) is 3.14. The van der Waals surface area contributed by atoms with Gasteiger partial charge in [-0.05, 0) is 4.53 Å². The van der Waals surface area contributed by atoms with Gasteiger partial charge >= 0.3 is 51.7 Å². The highest BCUT2D eigenvalue weighted by Crippen LogP contribution is 2.53. The molecule has 1 unspecified atom stereocenters. The number of ether oxygens (including phenoxy) is 2. The number of halogens is 14. The van der Waals surface area contributed by atoms with Gasteiger partial charge in [0.1, 0.15) is 0 Å². The second-order valence-electron chi connectivity index (χ2n) is 3.90. The van der Waals surface area contributed by atoms with Crippen LogP contribution >= 0.6 is 0 Å². The topological polar surface area (TPSA) is 61.8 Å². The summed E-state index contributed by atoms with van der Waals surface area (Å²) in [6.07, 6.45) is -26.4. The van der Waals surface area contributed by atoms with E-state index in [4.69, 9.17) is 0 Å². The Kier molecular flexibility index (Phi) is 6.70. The first-order valence-electron chi connectivity index (χ1n) is 5.13. The van der Waals surface area contributed by atoms with Crippen molar-refractivity contribution in [2.75, 3.05) is 0 Å². The lowest BCUT2D eigenvalue weighted by Crippen LogP contribution is -2.64. The van der Waals surface area contributed by atoms with E-state index in [2.05, 4.69) is 0 Å². The van der Waals surface area contributed by atoms with Crippen molar-refractivity contribution in [3.8, 4) is 0 Å². The monoisotopic (exact) mass is 462 g/mol. The molecule has 0 heterocycles. The van der Waals surface area contributed by atoms with Gasteiger partial charge in [-0.25, -0.2) is 0 Å². The van der Waals surface area contributed by atoms with Gasteiger partial charge in [-0.15, -0.1) is 0 Å². The van der Waals surface area contributed by atoms with Crippen LogP contribution in [0.15, 0.2) is 12.1 Å².